The van der Waals surface area contributed by atoms with Gasteiger partial charge in [0.25, 0.3) is 0 Å². The number of hydrogen-bond donors (Lipinski definition) is 3. The minimum atomic E-state index is -1.07. The van der Waals surface area contributed by atoms with E-state index in [0.717, 1.165) is 31.2 Å². The van der Waals surface area contributed by atoms with Crippen LogP contribution >= 0.6 is 0 Å². The van der Waals surface area contributed by atoms with Crippen LogP contribution < -0.4 is 10.6 Å². The zero-order valence-corrected chi connectivity index (χ0v) is 27.4. The molecule has 0 aromatic heterocycles. The minimum absolute atomic E-state index is 0.0847. The normalized spacial score (nSPS) is 12.3. The molecule has 8 nitrogen and oxygen atoms in total. The topological polar surface area (TPSA) is 108 Å². The SMILES string of the molecule is C#Cc1ccccc1C(C(=O)NCc1ccccc1)N(CCCCCCC)C(=O)C(Cc1ccc(O)cc1)NC(=O)OC(C)(C)C. The van der Waals surface area contributed by atoms with Crippen LogP contribution in [0.1, 0.15) is 88.1 Å². The number of nitrogens with one attached hydrogen (secondary N) is 2. The maximum Gasteiger partial charge on any atom is 0.408 e. The van der Waals surface area contributed by atoms with Gasteiger partial charge in [0.2, 0.25) is 11.8 Å². The number of hydrogen-bond acceptors (Lipinski definition) is 5. The fourth-order valence-electron chi connectivity index (χ4n) is 5.17. The molecule has 0 saturated carbocycles. The van der Waals surface area contributed by atoms with Crippen LogP contribution in [0.5, 0.6) is 5.75 Å². The number of benzene rings is 3. The first-order chi connectivity index (χ1) is 22.0. The molecule has 46 heavy (non-hydrogen) atoms. The van der Waals surface area contributed by atoms with E-state index in [1.54, 1.807) is 62.1 Å². The van der Waals surface area contributed by atoms with Gasteiger partial charge in [0.05, 0.1) is 0 Å². The van der Waals surface area contributed by atoms with E-state index in [2.05, 4.69) is 23.5 Å². The fraction of sp³-hybridized carbons (Fsp3) is 0.395. The van der Waals surface area contributed by atoms with Gasteiger partial charge in [0, 0.05) is 25.1 Å². The van der Waals surface area contributed by atoms with Gasteiger partial charge in [0.1, 0.15) is 23.4 Å². The third kappa shape index (κ3) is 11.3. The highest BCUT2D eigenvalue weighted by molar-refractivity contribution is 5.92. The Bertz CT molecular complexity index is 1460. The summed E-state index contributed by atoms with van der Waals surface area (Å²) in [7, 11) is 0. The average Bonchev–Trinajstić information content (AvgIpc) is 3.03. The van der Waals surface area contributed by atoms with Crippen molar-refractivity contribution in [1.82, 2.24) is 15.5 Å². The quantitative estimate of drug-likeness (QED) is 0.129. The number of aromatic hydroxyl groups is 1. The molecule has 0 bridgehead atoms. The number of nitrogens with zero attached hydrogens (tertiary/aromatic N) is 1. The van der Waals surface area contributed by atoms with Gasteiger partial charge in [-0.25, -0.2) is 4.79 Å². The van der Waals surface area contributed by atoms with Crippen LogP contribution in [0.3, 0.4) is 0 Å². The molecule has 0 radical (unpaired) electrons. The van der Waals surface area contributed by atoms with Crippen molar-refractivity contribution >= 4 is 17.9 Å². The van der Waals surface area contributed by atoms with Crippen molar-refractivity contribution in [3.05, 3.63) is 101 Å². The molecule has 3 aromatic carbocycles. The second-order valence-electron chi connectivity index (χ2n) is 12.4. The zero-order valence-electron chi connectivity index (χ0n) is 27.4. The van der Waals surface area contributed by atoms with Crippen molar-refractivity contribution in [2.24, 2.45) is 0 Å². The molecule has 3 rings (SSSR count). The van der Waals surface area contributed by atoms with E-state index in [1.807, 2.05) is 30.3 Å². The zero-order chi connectivity index (χ0) is 33.5. The van der Waals surface area contributed by atoms with Crippen molar-refractivity contribution in [3.8, 4) is 18.1 Å². The highest BCUT2D eigenvalue weighted by Crippen LogP contribution is 2.27. The molecule has 3 amide bonds. The van der Waals surface area contributed by atoms with Crippen molar-refractivity contribution < 1.29 is 24.2 Å². The van der Waals surface area contributed by atoms with Crippen molar-refractivity contribution in [2.75, 3.05) is 6.54 Å². The summed E-state index contributed by atoms with van der Waals surface area (Å²) < 4.78 is 5.53. The maximum absolute atomic E-state index is 14.7. The smallest absolute Gasteiger partial charge is 0.408 e. The summed E-state index contributed by atoms with van der Waals surface area (Å²) in [6, 6.07) is 21.0. The Morgan fingerprint density at radius 2 is 1.54 bits per heavy atom. The Kier molecular flexibility index (Phi) is 13.7. The summed E-state index contributed by atoms with van der Waals surface area (Å²) in [6.07, 6.45) is 9.93. The number of rotatable bonds is 15. The maximum atomic E-state index is 14.7. The molecule has 8 heteroatoms. The highest BCUT2D eigenvalue weighted by Gasteiger charge is 2.37. The molecule has 3 aromatic rings. The molecule has 3 N–H and O–H groups in total. The van der Waals surface area contributed by atoms with Gasteiger partial charge in [-0.2, -0.15) is 0 Å². The Balaban J connectivity index is 2.06. The first kappa shape index (κ1) is 35.7. The lowest BCUT2D eigenvalue weighted by molar-refractivity contribution is -0.142. The summed E-state index contributed by atoms with van der Waals surface area (Å²) in [5, 5.41) is 15.6. The van der Waals surface area contributed by atoms with Gasteiger partial charge in [-0.05, 0) is 62.1 Å². The lowest BCUT2D eigenvalue weighted by Gasteiger charge is -2.35. The van der Waals surface area contributed by atoms with E-state index >= 15 is 0 Å². The van der Waals surface area contributed by atoms with Crippen LogP contribution in [0.15, 0.2) is 78.9 Å². The first-order valence-corrected chi connectivity index (χ1v) is 16.0. The Morgan fingerprint density at radius 1 is 0.891 bits per heavy atom. The molecular weight excluding hydrogens is 578 g/mol. The van der Waals surface area contributed by atoms with Gasteiger partial charge in [-0.3, -0.25) is 9.59 Å². The number of carbonyl (C=O) groups is 3. The molecule has 0 aliphatic carbocycles. The minimum Gasteiger partial charge on any atom is -0.508 e. The van der Waals surface area contributed by atoms with E-state index in [-0.39, 0.29) is 31.2 Å². The number of amides is 3. The van der Waals surface area contributed by atoms with Crippen LogP contribution in [0.25, 0.3) is 0 Å². The van der Waals surface area contributed by atoms with Crippen LogP contribution in [0.4, 0.5) is 4.79 Å². The third-order valence-corrected chi connectivity index (χ3v) is 7.43. The van der Waals surface area contributed by atoms with E-state index < -0.39 is 29.7 Å². The lowest BCUT2D eigenvalue weighted by atomic mass is 9.96. The second-order valence-corrected chi connectivity index (χ2v) is 12.4. The molecule has 0 heterocycles. The Morgan fingerprint density at radius 3 is 2.20 bits per heavy atom. The van der Waals surface area contributed by atoms with Crippen molar-refractivity contribution in [1.29, 1.82) is 0 Å². The number of carbonyl (C=O) groups excluding carboxylic acids is 3. The second kappa shape index (κ2) is 17.6. The molecule has 0 aliphatic heterocycles. The van der Waals surface area contributed by atoms with Crippen LogP contribution in [0, 0.1) is 12.3 Å². The summed E-state index contributed by atoms with van der Waals surface area (Å²) in [4.78, 5) is 43.5. The number of phenolic OH excluding ortho intramolecular Hbond substituents is 1. The number of phenols is 1. The molecule has 2 unspecified atom stereocenters. The van der Waals surface area contributed by atoms with Gasteiger partial charge >= 0.3 is 6.09 Å². The van der Waals surface area contributed by atoms with E-state index in [1.165, 1.54) is 12.1 Å². The van der Waals surface area contributed by atoms with Crippen LogP contribution in [-0.4, -0.2) is 46.1 Å². The molecular formula is C38H47N3O5. The number of alkyl carbamates (subject to hydrolysis) is 1. The molecule has 0 saturated heterocycles. The molecule has 244 valence electrons. The van der Waals surface area contributed by atoms with E-state index in [4.69, 9.17) is 11.2 Å². The molecule has 2 atom stereocenters. The molecule has 0 aliphatic rings. The first-order valence-electron chi connectivity index (χ1n) is 16.0. The van der Waals surface area contributed by atoms with Gasteiger partial charge < -0.3 is 25.4 Å². The number of ether oxygens (including phenoxy) is 1. The van der Waals surface area contributed by atoms with Crippen LogP contribution in [0.2, 0.25) is 0 Å². The number of unbranched alkanes of at least 4 members (excludes halogenated alkanes) is 4. The predicted molar refractivity (Wildman–Crippen MR) is 181 cm³/mol. The monoisotopic (exact) mass is 625 g/mol. The standard InChI is InChI=1S/C38H47N3O5/c1-6-8-9-10-16-25-41(36(44)33(40-37(45)46-38(3,4)5)26-28-21-23-31(42)24-22-28)34(32-20-15-14-19-30(32)7-2)35(43)39-27-29-17-12-11-13-18-29/h2,11-15,17-24,33-34,42H,6,8-10,16,25-27H2,1,3-5H3,(H,39,43)(H,40,45). The third-order valence-electron chi connectivity index (χ3n) is 7.43. The molecule has 0 fully saturated rings. The van der Waals surface area contributed by atoms with Crippen LogP contribution in [-0.2, 0) is 27.3 Å². The van der Waals surface area contributed by atoms with E-state index in [0.29, 0.717) is 23.1 Å². The fourth-order valence-corrected chi connectivity index (χ4v) is 5.17. The van der Waals surface area contributed by atoms with Gasteiger partial charge in [-0.15, -0.1) is 6.42 Å². The Hall–Kier alpha value is -4.77. The highest BCUT2D eigenvalue weighted by atomic mass is 16.6. The van der Waals surface area contributed by atoms with Crippen molar-refractivity contribution in [2.45, 2.75) is 90.4 Å². The Labute approximate surface area is 273 Å². The largest absolute Gasteiger partial charge is 0.508 e. The summed E-state index contributed by atoms with van der Waals surface area (Å²) in [6.45, 7) is 7.91. The predicted octanol–water partition coefficient (Wildman–Crippen LogP) is 6.67. The summed E-state index contributed by atoms with van der Waals surface area (Å²) >= 11 is 0. The van der Waals surface area contributed by atoms with Gasteiger partial charge in [-0.1, -0.05) is 99.2 Å². The lowest BCUT2D eigenvalue weighted by Crippen LogP contribution is -2.54. The van der Waals surface area contributed by atoms with Crippen molar-refractivity contribution in [3.63, 3.8) is 0 Å². The van der Waals surface area contributed by atoms with Gasteiger partial charge in [0.15, 0.2) is 0 Å². The average molecular weight is 626 g/mol. The summed E-state index contributed by atoms with van der Waals surface area (Å²) in [5.41, 5.74) is 1.86. The molecule has 0 spiro atoms. The summed E-state index contributed by atoms with van der Waals surface area (Å²) in [5.74, 6) is 1.94. The number of terminal acetylenes is 1. The van der Waals surface area contributed by atoms with E-state index in [9.17, 15) is 19.5 Å².